The molecule has 0 saturated carbocycles. The van der Waals surface area contributed by atoms with Gasteiger partial charge in [-0.15, -0.1) is 0 Å². The van der Waals surface area contributed by atoms with Gasteiger partial charge in [0.05, 0.1) is 0 Å². The van der Waals surface area contributed by atoms with Crippen LogP contribution in [-0.4, -0.2) is 0 Å². The van der Waals surface area contributed by atoms with Gasteiger partial charge in [0.15, 0.2) is 0 Å². The fourth-order valence-electron chi connectivity index (χ4n) is 0.575. The van der Waals surface area contributed by atoms with Crippen LogP contribution in [0.25, 0.3) is 0 Å². The fraction of sp³-hybridized carbons (Fsp3) is 0.500. The Labute approximate surface area is 57.5 Å². The van der Waals surface area contributed by atoms with E-state index in [9.17, 15) is 0 Å². The van der Waals surface area contributed by atoms with E-state index in [0.717, 1.165) is 18.5 Å². The highest BCUT2D eigenvalue weighted by atomic mass is 14.8. The fourth-order valence-corrected chi connectivity index (χ4v) is 0.575. The molecule has 0 atom stereocenters. The summed E-state index contributed by atoms with van der Waals surface area (Å²) in [6.45, 7) is 7.94. The Morgan fingerprint density at radius 1 is 1.67 bits per heavy atom. The lowest BCUT2D eigenvalue weighted by Crippen LogP contribution is -2.01. The average molecular weight is 125 g/mol. The summed E-state index contributed by atoms with van der Waals surface area (Å²) in [6, 6.07) is 0. The van der Waals surface area contributed by atoms with E-state index in [4.69, 9.17) is 0 Å². The van der Waals surface area contributed by atoms with Crippen LogP contribution >= 0.6 is 0 Å². The molecule has 9 heavy (non-hydrogen) atoms. The third kappa shape index (κ3) is 5.15. The Bertz CT molecular complexity index is 103. The van der Waals surface area contributed by atoms with Gasteiger partial charge in [0.25, 0.3) is 0 Å². The highest BCUT2D eigenvalue weighted by molar-refractivity contribution is 4.95. The van der Waals surface area contributed by atoms with Crippen LogP contribution in [-0.2, 0) is 0 Å². The Morgan fingerprint density at radius 3 is 2.78 bits per heavy atom. The Kier molecular flexibility index (Phi) is 4.98. The highest BCUT2D eigenvalue weighted by Gasteiger charge is 1.84. The van der Waals surface area contributed by atoms with Crippen molar-refractivity contribution in [3.05, 3.63) is 24.6 Å². The maximum absolute atomic E-state index is 3.82. The van der Waals surface area contributed by atoms with E-state index < -0.39 is 0 Å². The molecule has 0 fully saturated rings. The molecular weight excluding hydrogens is 110 g/mol. The van der Waals surface area contributed by atoms with E-state index >= 15 is 0 Å². The molecule has 0 saturated heterocycles. The zero-order valence-electron chi connectivity index (χ0n) is 6.28. The van der Waals surface area contributed by atoms with E-state index in [0.29, 0.717) is 0 Å². The molecule has 1 nitrogen and oxygen atoms in total. The number of allylic oxidation sites excluding steroid dienone is 2. The van der Waals surface area contributed by atoms with Gasteiger partial charge in [0.2, 0.25) is 0 Å². The van der Waals surface area contributed by atoms with E-state index in [-0.39, 0.29) is 0 Å². The van der Waals surface area contributed by atoms with Crippen molar-refractivity contribution in [3.8, 4) is 0 Å². The molecule has 0 heterocycles. The molecule has 0 aromatic heterocycles. The molecule has 0 aliphatic rings. The second kappa shape index (κ2) is 5.42. The van der Waals surface area contributed by atoms with Crippen molar-refractivity contribution in [2.24, 2.45) is 0 Å². The summed E-state index contributed by atoms with van der Waals surface area (Å²) in [4.78, 5) is 0. The second-order valence-corrected chi connectivity index (χ2v) is 2.00. The number of rotatable bonds is 4. The first-order valence-electron chi connectivity index (χ1n) is 3.36. The summed E-state index contributed by atoms with van der Waals surface area (Å²) >= 11 is 0. The van der Waals surface area contributed by atoms with Crippen LogP contribution in [0.3, 0.4) is 0 Å². The summed E-state index contributed by atoms with van der Waals surface area (Å²) < 4.78 is 0. The lowest BCUT2D eigenvalue weighted by atomic mass is 10.3. The summed E-state index contributed by atoms with van der Waals surface area (Å²) in [5.41, 5.74) is 1.09. The van der Waals surface area contributed by atoms with Crippen LogP contribution in [0.1, 0.15) is 26.7 Å². The van der Waals surface area contributed by atoms with Crippen LogP contribution in [0.4, 0.5) is 0 Å². The summed E-state index contributed by atoms with van der Waals surface area (Å²) in [6.07, 6.45) is 6.08. The van der Waals surface area contributed by atoms with Crippen molar-refractivity contribution in [3.63, 3.8) is 0 Å². The summed E-state index contributed by atoms with van der Waals surface area (Å²) in [5.74, 6) is 0. The normalized spacial score (nSPS) is 10.0. The first-order valence-corrected chi connectivity index (χ1v) is 3.36. The standard InChI is InChI=1S/C8H15N/c1-4-6-8(3)9-7-5-2/h5,7,9H,3-4,6H2,1-2H3/b7-5-. The number of nitrogens with one attached hydrogen (secondary N) is 1. The minimum Gasteiger partial charge on any atom is -0.366 e. The maximum Gasteiger partial charge on any atom is 0.00731 e. The largest absolute Gasteiger partial charge is 0.366 e. The molecule has 0 spiro atoms. The first-order chi connectivity index (χ1) is 4.31. The van der Waals surface area contributed by atoms with Crippen molar-refractivity contribution in [2.75, 3.05) is 0 Å². The molecule has 0 aliphatic heterocycles. The molecule has 0 aliphatic carbocycles. The number of hydrogen-bond acceptors (Lipinski definition) is 1. The Hall–Kier alpha value is -0.720. The molecule has 1 heteroatoms. The van der Waals surface area contributed by atoms with Crippen molar-refractivity contribution >= 4 is 0 Å². The van der Waals surface area contributed by atoms with Gasteiger partial charge in [0.1, 0.15) is 0 Å². The molecule has 0 aromatic rings. The van der Waals surface area contributed by atoms with Gasteiger partial charge in [0, 0.05) is 5.70 Å². The van der Waals surface area contributed by atoms with Gasteiger partial charge in [-0.05, 0) is 19.5 Å². The molecule has 0 radical (unpaired) electrons. The Balaban J connectivity index is 3.27. The molecule has 0 unspecified atom stereocenters. The zero-order valence-corrected chi connectivity index (χ0v) is 6.28. The van der Waals surface area contributed by atoms with Crippen LogP contribution in [0.2, 0.25) is 0 Å². The molecule has 52 valence electrons. The van der Waals surface area contributed by atoms with E-state index in [1.54, 1.807) is 0 Å². The van der Waals surface area contributed by atoms with Crippen molar-refractivity contribution in [2.45, 2.75) is 26.7 Å². The lowest BCUT2D eigenvalue weighted by Gasteiger charge is -2.00. The summed E-state index contributed by atoms with van der Waals surface area (Å²) in [7, 11) is 0. The van der Waals surface area contributed by atoms with E-state index in [2.05, 4.69) is 18.8 Å². The van der Waals surface area contributed by atoms with Crippen LogP contribution in [0.5, 0.6) is 0 Å². The lowest BCUT2D eigenvalue weighted by molar-refractivity contribution is 0.843. The smallest absolute Gasteiger partial charge is 0.00731 e. The predicted molar refractivity (Wildman–Crippen MR) is 42.0 cm³/mol. The van der Waals surface area contributed by atoms with Crippen molar-refractivity contribution in [1.82, 2.24) is 5.32 Å². The third-order valence-corrected chi connectivity index (χ3v) is 1.01. The third-order valence-electron chi connectivity index (χ3n) is 1.01. The predicted octanol–water partition coefficient (Wildman–Crippen LogP) is 2.42. The minimum absolute atomic E-state index is 1.06. The SMILES string of the molecule is C=C(CCC)N/C=C\C. The quantitative estimate of drug-likeness (QED) is 0.608. The van der Waals surface area contributed by atoms with Crippen molar-refractivity contribution < 1.29 is 0 Å². The van der Waals surface area contributed by atoms with E-state index in [1.165, 1.54) is 0 Å². The monoisotopic (exact) mass is 125 g/mol. The minimum atomic E-state index is 1.06. The molecule has 1 N–H and O–H groups in total. The molecule has 0 amide bonds. The molecule has 0 aromatic carbocycles. The second-order valence-electron chi connectivity index (χ2n) is 2.00. The van der Waals surface area contributed by atoms with E-state index in [1.807, 2.05) is 19.2 Å². The van der Waals surface area contributed by atoms with Gasteiger partial charge in [-0.25, -0.2) is 0 Å². The maximum atomic E-state index is 3.82. The van der Waals surface area contributed by atoms with Crippen LogP contribution in [0, 0.1) is 0 Å². The molecule has 0 bridgehead atoms. The zero-order chi connectivity index (χ0) is 7.11. The Morgan fingerprint density at radius 2 is 2.33 bits per heavy atom. The molecule has 0 rings (SSSR count). The van der Waals surface area contributed by atoms with Crippen molar-refractivity contribution in [1.29, 1.82) is 0 Å². The highest BCUT2D eigenvalue weighted by Crippen LogP contribution is 1.95. The summed E-state index contributed by atoms with van der Waals surface area (Å²) in [5, 5.41) is 3.06. The number of hydrogen-bond donors (Lipinski definition) is 1. The van der Waals surface area contributed by atoms with Gasteiger partial charge in [-0.1, -0.05) is 26.0 Å². The van der Waals surface area contributed by atoms with Gasteiger partial charge in [-0.2, -0.15) is 0 Å². The van der Waals surface area contributed by atoms with Crippen LogP contribution in [0.15, 0.2) is 24.6 Å². The van der Waals surface area contributed by atoms with Gasteiger partial charge in [-0.3, -0.25) is 0 Å². The molecular formula is C8H15N. The van der Waals surface area contributed by atoms with Gasteiger partial charge >= 0.3 is 0 Å². The average Bonchev–Trinajstić information content (AvgIpc) is 1.85. The van der Waals surface area contributed by atoms with Crippen LogP contribution < -0.4 is 5.32 Å². The first kappa shape index (κ1) is 8.28. The van der Waals surface area contributed by atoms with Gasteiger partial charge < -0.3 is 5.32 Å². The topological polar surface area (TPSA) is 12.0 Å².